The Bertz CT molecular complexity index is 700. The van der Waals surface area contributed by atoms with E-state index >= 15 is 0 Å². The van der Waals surface area contributed by atoms with Gasteiger partial charge in [-0.15, -0.1) is 10.2 Å². The fourth-order valence-corrected chi connectivity index (χ4v) is 3.76. The van der Waals surface area contributed by atoms with Crippen LogP contribution < -0.4 is 9.64 Å². The first kappa shape index (κ1) is 15.4. The van der Waals surface area contributed by atoms with Gasteiger partial charge in [-0.2, -0.15) is 4.98 Å². The summed E-state index contributed by atoms with van der Waals surface area (Å²) in [6, 6.07) is 0.232. The normalized spacial score (nSPS) is 20.7. The Hall–Kier alpha value is -2.18. The van der Waals surface area contributed by atoms with Crippen molar-refractivity contribution in [1.29, 1.82) is 0 Å². The average molecular weight is 328 g/mol. The van der Waals surface area contributed by atoms with Crippen LogP contribution in [0.25, 0.3) is 0 Å². The molecule has 7 heteroatoms. The van der Waals surface area contributed by atoms with Crippen molar-refractivity contribution in [1.82, 2.24) is 24.7 Å². The van der Waals surface area contributed by atoms with Gasteiger partial charge < -0.3 is 14.2 Å². The number of nitrogens with zero attached hydrogens (tertiary/aromatic N) is 6. The lowest BCUT2D eigenvalue weighted by Crippen LogP contribution is -2.26. The maximum Gasteiger partial charge on any atom is 0.234 e. The molecule has 0 aromatic carbocycles. The van der Waals surface area contributed by atoms with E-state index in [1.165, 1.54) is 19.3 Å². The summed E-state index contributed by atoms with van der Waals surface area (Å²) < 4.78 is 7.85. The number of anilines is 1. The highest BCUT2D eigenvalue weighted by molar-refractivity contribution is 5.41. The Labute approximate surface area is 142 Å². The van der Waals surface area contributed by atoms with Gasteiger partial charge in [-0.3, -0.25) is 4.98 Å². The largest absolute Gasteiger partial charge is 0.477 e. The van der Waals surface area contributed by atoms with Gasteiger partial charge in [0.15, 0.2) is 11.6 Å². The molecule has 0 spiro atoms. The molecule has 1 atom stereocenters. The number of hydrogen-bond donors (Lipinski definition) is 0. The van der Waals surface area contributed by atoms with Crippen LogP contribution in [0.4, 0.5) is 5.82 Å². The van der Waals surface area contributed by atoms with E-state index in [1.54, 1.807) is 6.20 Å². The summed E-state index contributed by atoms with van der Waals surface area (Å²) in [7, 11) is 0. The van der Waals surface area contributed by atoms with Crippen LogP contribution in [0, 0.1) is 0 Å². The minimum absolute atomic E-state index is 0.232. The molecule has 1 fully saturated rings. The van der Waals surface area contributed by atoms with E-state index in [1.807, 2.05) is 13.1 Å². The van der Waals surface area contributed by atoms with E-state index in [-0.39, 0.29) is 6.04 Å². The Morgan fingerprint density at radius 1 is 1.12 bits per heavy atom. The first-order chi connectivity index (χ1) is 11.9. The van der Waals surface area contributed by atoms with Gasteiger partial charge in [-0.25, -0.2) is 0 Å². The van der Waals surface area contributed by atoms with Crippen molar-refractivity contribution in [3.8, 4) is 5.88 Å². The first-order valence-corrected chi connectivity index (χ1v) is 9.00. The summed E-state index contributed by atoms with van der Waals surface area (Å²) in [5.41, 5.74) is 0. The highest BCUT2D eigenvalue weighted by Crippen LogP contribution is 2.35. The van der Waals surface area contributed by atoms with Gasteiger partial charge in [-0.05, 0) is 32.6 Å². The number of hydrogen-bond acceptors (Lipinski definition) is 6. The second-order valence-corrected chi connectivity index (χ2v) is 6.44. The van der Waals surface area contributed by atoms with E-state index in [9.17, 15) is 0 Å². The van der Waals surface area contributed by atoms with E-state index in [0.717, 1.165) is 49.8 Å². The van der Waals surface area contributed by atoms with Crippen molar-refractivity contribution in [2.45, 2.75) is 58.0 Å². The molecule has 4 rings (SSSR count). The molecule has 0 radical (unpaired) electrons. The van der Waals surface area contributed by atoms with Crippen LogP contribution in [0.1, 0.15) is 56.7 Å². The lowest BCUT2D eigenvalue weighted by atomic mass is 10.2. The molecule has 2 aliphatic heterocycles. The Morgan fingerprint density at radius 2 is 2.08 bits per heavy atom. The molecule has 0 aliphatic carbocycles. The van der Waals surface area contributed by atoms with Gasteiger partial charge in [0.1, 0.15) is 5.82 Å². The van der Waals surface area contributed by atoms with Crippen molar-refractivity contribution in [3.05, 3.63) is 24.0 Å². The van der Waals surface area contributed by atoms with E-state index in [2.05, 4.69) is 29.6 Å². The molecule has 2 aliphatic rings. The Morgan fingerprint density at radius 3 is 3.00 bits per heavy atom. The average Bonchev–Trinajstić information content (AvgIpc) is 3.16. The zero-order valence-corrected chi connectivity index (χ0v) is 14.2. The van der Waals surface area contributed by atoms with Gasteiger partial charge in [0, 0.05) is 19.5 Å². The summed E-state index contributed by atoms with van der Waals surface area (Å²) in [4.78, 5) is 11.2. The number of fused-ring (bicyclic) bond motifs is 1. The molecule has 1 unspecified atom stereocenters. The molecule has 0 amide bonds. The second-order valence-electron chi connectivity index (χ2n) is 6.44. The molecule has 2 aromatic heterocycles. The number of rotatable bonds is 4. The molecule has 24 heavy (non-hydrogen) atoms. The van der Waals surface area contributed by atoms with Crippen molar-refractivity contribution in [3.63, 3.8) is 0 Å². The summed E-state index contributed by atoms with van der Waals surface area (Å²) in [6.45, 7) is 4.56. The zero-order valence-electron chi connectivity index (χ0n) is 14.2. The molecule has 1 saturated heterocycles. The molecule has 4 heterocycles. The molecular formula is C17H24N6O. The van der Waals surface area contributed by atoms with Crippen molar-refractivity contribution >= 4 is 5.82 Å². The van der Waals surface area contributed by atoms with E-state index < -0.39 is 0 Å². The standard InChI is InChI=1S/C17H24N6O/c1-2-24-16-12-18-11-15(19-16)22-10-6-7-13(22)17-21-20-14-8-4-3-5-9-23(14)17/h11-13H,2-10H2,1H3. The molecular weight excluding hydrogens is 304 g/mol. The number of aryl methyl sites for hydroxylation is 1. The minimum Gasteiger partial charge on any atom is -0.477 e. The molecule has 128 valence electrons. The SMILES string of the molecule is CCOc1cncc(N2CCCC2c2nnc3n2CCCCC3)n1. The third kappa shape index (κ3) is 2.83. The summed E-state index contributed by atoms with van der Waals surface area (Å²) >= 11 is 0. The van der Waals surface area contributed by atoms with E-state index in [4.69, 9.17) is 4.74 Å². The maximum atomic E-state index is 5.51. The monoisotopic (exact) mass is 328 g/mol. The maximum absolute atomic E-state index is 5.51. The summed E-state index contributed by atoms with van der Waals surface area (Å²) in [5.74, 6) is 3.69. The van der Waals surface area contributed by atoms with Crippen molar-refractivity contribution < 1.29 is 4.74 Å². The van der Waals surface area contributed by atoms with Crippen molar-refractivity contribution in [2.75, 3.05) is 18.1 Å². The summed E-state index contributed by atoms with van der Waals surface area (Å²) in [5, 5.41) is 9.01. The lowest BCUT2D eigenvalue weighted by molar-refractivity contribution is 0.325. The lowest BCUT2D eigenvalue weighted by Gasteiger charge is -2.25. The molecule has 2 aromatic rings. The van der Waals surface area contributed by atoms with Gasteiger partial charge in [0.25, 0.3) is 0 Å². The van der Waals surface area contributed by atoms with Crippen molar-refractivity contribution in [2.24, 2.45) is 0 Å². The fraction of sp³-hybridized carbons (Fsp3) is 0.647. The zero-order chi connectivity index (χ0) is 16.4. The predicted octanol–water partition coefficient (Wildman–Crippen LogP) is 2.53. The van der Waals surface area contributed by atoms with Crippen LogP contribution in [0.3, 0.4) is 0 Å². The fourth-order valence-electron chi connectivity index (χ4n) is 3.76. The van der Waals surface area contributed by atoms with Gasteiger partial charge in [-0.1, -0.05) is 6.42 Å². The first-order valence-electron chi connectivity index (χ1n) is 9.00. The van der Waals surface area contributed by atoms with Crippen LogP contribution in [0.5, 0.6) is 5.88 Å². The molecule has 0 saturated carbocycles. The van der Waals surface area contributed by atoms with Crippen LogP contribution in [0.2, 0.25) is 0 Å². The topological polar surface area (TPSA) is 69.0 Å². The Balaban J connectivity index is 1.64. The van der Waals surface area contributed by atoms with E-state index in [0.29, 0.717) is 12.5 Å². The van der Waals surface area contributed by atoms with Crippen LogP contribution in [-0.2, 0) is 13.0 Å². The van der Waals surface area contributed by atoms with Crippen LogP contribution >= 0.6 is 0 Å². The van der Waals surface area contributed by atoms with Gasteiger partial charge >= 0.3 is 0 Å². The van der Waals surface area contributed by atoms with Crippen LogP contribution in [-0.4, -0.2) is 37.9 Å². The second kappa shape index (κ2) is 6.75. The molecule has 0 N–H and O–H groups in total. The highest BCUT2D eigenvalue weighted by atomic mass is 16.5. The number of ether oxygens (including phenoxy) is 1. The number of aromatic nitrogens is 5. The third-order valence-corrected chi connectivity index (χ3v) is 4.88. The minimum atomic E-state index is 0.232. The van der Waals surface area contributed by atoms with Gasteiger partial charge in [0.05, 0.1) is 25.0 Å². The summed E-state index contributed by atoms with van der Waals surface area (Å²) in [6.07, 6.45) is 10.4. The third-order valence-electron chi connectivity index (χ3n) is 4.88. The predicted molar refractivity (Wildman–Crippen MR) is 90.1 cm³/mol. The smallest absolute Gasteiger partial charge is 0.234 e. The van der Waals surface area contributed by atoms with Crippen LogP contribution in [0.15, 0.2) is 12.4 Å². The van der Waals surface area contributed by atoms with Gasteiger partial charge in [0.2, 0.25) is 5.88 Å². The quantitative estimate of drug-likeness (QED) is 0.859. The Kier molecular flexibility index (Phi) is 4.32. The molecule has 7 nitrogen and oxygen atoms in total. The highest BCUT2D eigenvalue weighted by Gasteiger charge is 2.32. The molecule has 0 bridgehead atoms.